The van der Waals surface area contributed by atoms with Gasteiger partial charge in [0.15, 0.2) is 5.13 Å². The minimum atomic E-state index is -0.669. The van der Waals surface area contributed by atoms with E-state index in [-0.39, 0.29) is 11.5 Å². The molecule has 3 aromatic rings. The molecule has 0 saturated heterocycles. The Kier molecular flexibility index (Phi) is 6.14. The van der Waals surface area contributed by atoms with Crippen LogP contribution in [0.25, 0.3) is 21.6 Å². The molecule has 1 aromatic heterocycles. The maximum atomic E-state index is 14.1. The molecule has 0 aliphatic heterocycles. The summed E-state index contributed by atoms with van der Waals surface area (Å²) in [5.41, 5.74) is 2.59. The zero-order valence-electron chi connectivity index (χ0n) is 19.2. The van der Waals surface area contributed by atoms with Gasteiger partial charge in [0, 0.05) is 6.07 Å². The van der Waals surface area contributed by atoms with Crippen molar-refractivity contribution in [1.29, 1.82) is 0 Å². The predicted octanol–water partition coefficient (Wildman–Crippen LogP) is 6.77. The Bertz CT molecular complexity index is 1180. The average Bonchev–Trinajstić information content (AvgIpc) is 3.49. The van der Waals surface area contributed by atoms with Gasteiger partial charge in [-0.3, -0.25) is 4.79 Å². The van der Waals surface area contributed by atoms with E-state index in [4.69, 9.17) is 9.47 Å². The van der Waals surface area contributed by atoms with Gasteiger partial charge in [0.25, 0.3) is 0 Å². The van der Waals surface area contributed by atoms with E-state index in [0.29, 0.717) is 11.5 Å². The van der Waals surface area contributed by atoms with Gasteiger partial charge in [0.1, 0.15) is 5.60 Å². The number of hydrogen-bond donors (Lipinski definition) is 0. The van der Waals surface area contributed by atoms with Crippen molar-refractivity contribution in [3.63, 3.8) is 0 Å². The standard InChI is InChI=1S/C27H27FO4S/c1-5-31-25(30)27(14-15-27)21-9-7-6-8-19(21)17-10-12-18(13-11-17)23-20(16-22(28)33-23)24(29)32-26(2,3)4/h6-13,16H,5,14-15H2,1-4H3. The lowest BCUT2D eigenvalue weighted by atomic mass is 9.88. The van der Waals surface area contributed by atoms with Crippen LogP contribution in [0.15, 0.2) is 54.6 Å². The number of ether oxygens (including phenoxy) is 2. The molecule has 1 fully saturated rings. The quantitative estimate of drug-likeness (QED) is 0.376. The molecular weight excluding hydrogens is 439 g/mol. The fourth-order valence-electron chi connectivity index (χ4n) is 3.99. The monoisotopic (exact) mass is 466 g/mol. The predicted molar refractivity (Wildman–Crippen MR) is 128 cm³/mol. The van der Waals surface area contributed by atoms with Gasteiger partial charge < -0.3 is 9.47 Å². The third-order valence-corrected chi connectivity index (χ3v) is 6.61. The Hall–Kier alpha value is -2.99. The maximum Gasteiger partial charge on any atom is 0.340 e. The van der Waals surface area contributed by atoms with Crippen molar-refractivity contribution >= 4 is 23.3 Å². The van der Waals surface area contributed by atoms with Crippen molar-refractivity contribution in [2.45, 2.75) is 51.6 Å². The van der Waals surface area contributed by atoms with Gasteiger partial charge in [-0.05, 0) is 62.8 Å². The molecule has 1 aliphatic carbocycles. The van der Waals surface area contributed by atoms with E-state index in [1.165, 1.54) is 6.07 Å². The van der Waals surface area contributed by atoms with Crippen molar-refractivity contribution in [3.05, 3.63) is 70.9 Å². The van der Waals surface area contributed by atoms with Crippen LogP contribution < -0.4 is 0 Å². The number of halogens is 1. The van der Waals surface area contributed by atoms with E-state index >= 15 is 0 Å². The molecule has 172 valence electrons. The van der Waals surface area contributed by atoms with Crippen molar-refractivity contribution < 1.29 is 23.5 Å². The minimum absolute atomic E-state index is 0.176. The zero-order valence-corrected chi connectivity index (χ0v) is 20.1. The summed E-state index contributed by atoms with van der Waals surface area (Å²) >= 11 is 0.922. The second-order valence-electron chi connectivity index (χ2n) is 9.22. The normalized spacial score (nSPS) is 14.6. The smallest absolute Gasteiger partial charge is 0.340 e. The van der Waals surface area contributed by atoms with Gasteiger partial charge in [-0.25, -0.2) is 4.79 Å². The number of carbonyl (C=O) groups excluding carboxylic acids is 2. The molecule has 0 amide bonds. The largest absolute Gasteiger partial charge is 0.465 e. The number of carbonyl (C=O) groups is 2. The second-order valence-corrected chi connectivity index (χ2v) is 10.2. The molecule has 0 bridgehead atoms. The lowest BCUT2D eigenvalue weighted by Crippen LogP contribution is -2.24. The highest BCUT2D eigenvalue weighted by molar-refractivity contribution is 7.14. The van der Waals surface area contributed by atoms with E-state index in [1.807, 2.05) is 55.5 Å². The van der Waals surface area contributed by atoms with E-state index in [0.717, 1.165) is 46.4 Å². The highest BCUT2D eigenvalue weighted by atomic mass is 32.1. The van der Waals surface area contributed by atoms with Crippen LogP contribution in [-0.2, 0) is 19.7 Å². The molecule has 4 nitrogen and oxygen atoms in total. The molecule has 0 N–H and O–H groups in total. The lowest BCUT2D eigenvalue weighted by molar-refractivity contribution is -0.146. The maximum absolute atomic E-state index is 14.1. The van der Waals surface area contributed by atoms with Gasteiger partial charge in [-0.2, -0.15) is 4.39 Å². The molecule has 6 heteroatoms. The van der Waals surface area contributed by atoms with Gasteiger partial charge in [-0.1, -0.05) is 48.5 Å². The highest BCUT2D eigenvalue weighted by Crippen LogP contribution is 2.52. The Morgan fingerprint density at radius 1 is 1.03 bits per heavy atom. The molecule has 0 atom stereocenters. The first-order valence-corrected chi connectivity index (χ1v) is 11.9. The van der Waals surface area contributed by atoms with E-state index in [2.05, 4.69) is 0 Å². The molecule has 4 rings (SSSR count). The van der Waals surface area contributed by atoms with Crippen molar-refractivity contribution in [2.24, 2.45) is 0 Å². The molecule has 2 aromatic carbocycles. The molecule has 1 heterocycles. The topological polar surface area (TPSA) is 52.6 Å². The van der Waals surface area contributed by atoms with Crippen LogP contribution >= 0.6 is 11.3 Å². The van der Waals surface area contributed by atoms with Gasteiger partial charge in [-0.15, -0.1) is 11.3 Å². The lowest BCUT2D eigenvalue weighted by Gasteiger charge is -2.19. The number of rotatable bonds is 6. The summed E-state index contributed by atoms with van der Waals surface area (Å²) in [7, 11) is 0. The Morgan fingerprint density at radius 2 is 1.67 bits per heavy atom. The summed E-state index contributed by atoms with van der Waals surface area (Å²) in [5.74, 6) is -0.720. The molecule has 0 spiro atoms. The van der Waals surface area contributed by atoms with Gasteiger partial charge in [0.05, 0.1) is 22.5 Å². The van der Waals surface area contributed by atoms with Gasteiger partial charge in [0.2, 0.25) is 0 Å². The average molecular weight is 467 g/mol. The Morgan fingerprint density at radius 3 is 2.27 bits per heavy atom. The molecular formula is C27H27FO4S. The summed E-state index contributed by atoms with van der Waals surface area (Å²) in [6.07, 6.45) is 1.54. The number of thiophene rings is 1. The van der Waals surface area contributed by atoms with Crippen LogP contribution in [0.3, 0.4) is 0 Å². The van der Waals surface area contributed by atoms with Crippen LogP contribution in [0.5, 0.6) is 0 Å². The van der Waals surface area contributed by atoms with Crippen LogP contribution in [0.4, 0.5) is 4.39 Å². The van der Waals surface area contributed by atoms with Crippen molar-refractivity contribution in [3.8, 4) is 21.6 Å². The Balaban J connectivity index is 1.67. The van der Waals surface area contributed by atoms with Crippen LogP contribution in [0.1, 0.15) is 56.5 Å². The molecule has 0 radical (unpaired) electrons. The van der Waals surface area contributed by atoms with E-state index in [9.17, 15) is 14.0 Å². The first-order valence-electron chi connectivity index (χ1n) is 11.0. The summed E-state index contributed by atoms with van der Waals surface area (Å²) in [6, 6.07) is 16.7. The summed E-state index contributed by atoms with van der Waals surface area (Å²) in [5, 5.41) is -0.439. The fraction of sp³-hybridized carbons (Fsp3) is 0.333. The molecule has 33 heavy (non-hydrogen) atoms. The second kappa shape index (κ2) is 8.75. The van der Waals surface area contributed by atoms with Crippen molar-refractivity contribution in [2.75, 3.05) is 6.61 Å². The molecule has 0 unspecified atom stereocenters. The molecule has 1 saturated carbocycles. The van der Waals surface area contributed by atoms with E-state index < -0.39 is 22.1 Å². The number of hydrogen-bond acceptors (Lipinski definition) is 5. The fourth-order valence-corrected chi connectivity index (χ4v) is 4.87. The van der Waals surface area contributed by atoms with Crippen molar-refractivity contribution in [1.82, 2.24) is 0 Å². The zero-order chi connectivity index (χ0) is 23.8. The summed E-state index contributed by atoms with van der Waals surface area (Å²) < 4.78 is 24.9. The third kappa shape index (κ3) is 4.71. The molecule has 1 aliphatic rings. The highest BCUT2D eigenvalue weighted by Gasteiger charge is 2.53. The van der Waals surface area contributed by atoms with E-state index in [1.54, 1.807) is 20.8 Å². The third-order valence-electron chi connectivity index (χ3n) is 5.64. The summed E-state index contributed by atoms with van der Waals surface area (Å²) in [4.78, 5) is 25.8. The van der Waals surface area contributed by atoms with Crippen LogP contribution in [-0.4, -0.2) is 24.1 Å². The van der Waals surface area contributed by atoms with Gasteiger partial charge >= 0.3 is 11.9 Å². The summed E-state index contributed by atoms with van der Waals surface area (Å²) in [6.45, 7) is 7.51. The number of benzene rings is 2. The van der Waals surface area contributed by atoms with Crippen LogP contribution in [0.2, 0.25) is 0 Å². The van der Waals surface area contributed by atoms with Crippen LogP contribution in [0, 0.1) is 5.13 Å². The Labute approximate surface area is 197 Å². The minimum Gasteiger partial charge on any atom is -0.465 e. The number of esters is 2. The first-order chi connectivity index (χ1) is 15.6. The first kappa shape index (κ1) is 23.2. The SMILES string of the molecule is CCOC(=O)C1(c2ccccc2-c2ccc(-c3sc(F)cc3C(=O)OC(C)(C)C)cc2)CC1.